The Labute approximate surface area is 161 Å². The molecule has 0 N–H and O–H groups in total. The van der Waals surface area contributed by atoms with Crippen LogP contribution in [0.25, 0.3) is 0 Å². The van der Waals surface area contributed by atoms with E-state index in [0.29, 0.717) is 6.54 Å². The van der Waals surface area contributed by atoms with Gasteiger partial charge < -0.3 is 18.9 Å². The lowest BCUT2D eigenvalue weighted by atomic mass is 9.78. The Morgan fingerprint density at radius 3 is 2.37 bits per heavy atom. The molecule has 1 aromatic carbocycles. The zero-order valence-corrected chi connectivity index (χ0v) is 16.8. The number of morpholine rings is 1. The number of carbonyl (C=O) groups excluding carboxylic acids is 1. The molecule has 0 unspecified atom stereocenters. The Balaban J connectivity index is 1.44. The summed E-state index contributed by atoms with van der Waals surface area (Å²) >= 11 is 0. The number of hydrogen-bond acceptors (Lipinski definition) is 5. The van der Waals surface area contributed by atoms with Crippen molar-refractivity contribution in [3.05, 3.63) is 29.3 Å². The lowest BCUT2D eigenvalue weighted by molar-refractivity contribution is 0.00578. The molecule has 0 aromatic heterocycles. The summed E-state index contributed by atoms with van der Waals surface area (Å²) in [6.07, 6.45) is 0. The summed E-state index contributed by atoms with van der Waals surface area (Å²) in [4.78, 5) is 17.2. The van der Waals surface area contributed by atoms with Crippen molar-refractivity contribution < 1.29 is 18.8 Å². The molecular weight excluding hydrogens is 343 g/mol. The lowest BCUT2D eigenvalue weighted by Gasteiger charge is -2.32. The number of rotatable bonds is 4. The average molecular weight is 372 g/mol. The molecule has 0 atom stereocenters. The van der Waals surface area contributed by atoms with Crippen LogP contribution in [0, 0.1) is 0 Å². The van der Waals surface area contributed by atoms with Gasteiger partial charge in [0.2, 0.25) is 0 Å². The van der Waals surface area contributed by atoms with Crippen LogP contribution in [0.1, 0.15) is 43.6 Å². The van der Waals surface area contributed by atoms with E-state index < -0.39 is 7.12 Å². The maximum absolute atomic E-state index is 12.9. The Kier molecular flexibility index (Phi) is 4.83. The highest BCUT2D eigenvalue weighted by molar-refractivity contribution is 6.62. The quantitative estimate of drug-likeness (QED) is 0.746. The van der Waals surface area contributed by atoms with Crippen LogP contribution >= 0.6 is 0 Å². The number of ether oxygens (including phenoxy) is 1. The van der Waals surface area contributed by atoms with Gasteiger partial charge in [0.15, 0.2) is 0 Å². The fourth-order valence-electron chi connectivity index (χ4n) is 3.77. The van der Waals surface area contributed by atoms with E-state index in [-0.39, 0.29) is 17.1 Å². The van der Waals surface area contributed by atoms with Crippen molar-refractivity contribution in [3.8, 4) is 0 Å². The molecule has 2 fully saturated rings. The number of carbonyl (C=O) groups is 1. The van der Waals surface area contributed by atoms with Gasteiger partial charge in [-0.25, -0.2) is 0 Å². The molecule has 0 spiro atoms. The summed E-state index contributed by atoms with van der Waals surface area (Å²) in [6, 6.07) is 6.02. The Hall–Kier alpha value is -1.41. The number of benzene rings is 1. The molecule has 3 aliphatic rings. The van der Waals surface area contributed by atoms with Gasteiger partial charge in [0.25, 0.3) is 5.91 Å². The molecule has 2 saturated heterocycles. The number of fused-ring (bicyclic) bond motifs is 1. The minimum absolute atomic E-state index is 0.108. The molecule has 0 saturated carbocycles. The normalized spacial score (nSPS) is 24.5. The van der Waals surface area contributed by atoms with Crippen molar-refractivity contribution in [2.24, 2.45) is 0 Å². The second kappa shape index (κ2) is 6.89. The van der Waals surface area contributed by atoms with E-state index in [1.54, 1.807) is 0 Å². The number of hydrogen-bond donors (Lipinski definition) is 0. The van der Waals surface area contributed by atoms with E-state index >= 15 is 0 Å². The monoisotopic (exact) mass is 372 g/mol. The summed E-state index contributed by atoms with van der Waals surface area (Å²) in [5, 5.41) is 0. The van der Waals surface area contributed by atoms with Gasteiger partial charge in [0, 0.05) is 38.3 Å². The Morgan fingerprint density at radius 2 is 1.70 bits per heavy atom. The van der Waals surface area contributed by atoms with Crippen molar-refractivity contribution in [2.75, 3.05) is 39.4 Å². The van der Waals surface area contributed by atoms with Gasteiger partial charge >= 0.3 is 7.12 Å². The summed E-state index contributed by atoms with van der Waals surface area (Å²) < 4.78 is 17.7. The molecule has 3 aliphatic heterocycles. The van der Waals surface area contributed by atoms with E-state index in [2.05, 4.69) is 4.90 Å². The van der Waals surface area contributed by atoms with Gasteiger partial charge in [0.05, 0.1) is 24.4 Å². The van der Waals surface area contributed by atoms with Crippen molar-refractivity contribution in [1.29, 1.82) is 0 Å². The minimum Gasteiger partial charge on any atom is -0.399 e. The molecule has 0 aliphatic carbocycles. The highest BCUT2D eigenvalue weighted by atomic mass is 16.7. The summed E-state index contributed by atoms with van der Waals surface area (Å²) in [6.45, 7) is 13.9. The smallest absolute Gasteiger partial charge is 0.399 e. The van der Waals surface area contributed by atoms with Gasteiger partial charge in [-0.3, -0.25) is 9.69 Å². The van der Waals surface area contributed by atoms with Crippen LogP contribution in [0.2, 0.25) is 0 Å². The van der Waals surface area contributed by atoms with Crippen molar-refractivity contribution in [3.63, 3.8) is 0 Å². The van der Waals surface area contributed by atoms with Crippen LogP contribution < -0.4 is 5.46 Å². The van der Waals surface area contributed by atoms with Gasteiger partial charge in [0.1, 0.15) is 0 Å². The zero-order chi connectivity index (χ0) is 19.2. The SMILES string of the molecule is CC1(C)OB(c2ccc3c(c2)C(=O)N(CCN2CCOCC2)C3)OC1(C)C. The van der Waals surface area contributed by atoms with Crippen molar-refractivity contribution >= 4 is 18.5 Å². The lowest BCUT2D eigenvalue weighted by Crippen LogP contribution is -2.41. The van der Waals surface area contributed by atoms with Crippen LogP contribution in [-0.4, -0.2) is 73.4 Å². The molecule has 6 nitrogen and oxygen atoms in total. The van der Waals surface area contributed by atoms with Gasteiger partial charge in [-0.05, 0) is 44.8 Å². The van der Waals surface area contributed by atoms with E-state index in [9.17, 15) is 4.79 Å². The van der Waals surface area contributed by atoms with Gasteiger partial charge in [-0.1, -0.05) is 12.1 Å². The molecule has 0 radical (unpaired) electrons. The molecule has 7 heteroatoms. The largest absolute Gasteiger partial charge is 0.494 e. The van der Waals surface area contributed by atoms with E-state index in [4.69, 9.17) is 14.0 Å². The third-order valence-electron chi connectivity index (χ3n) is 6.33. The maximum atomic E-state index is 12.9. The fourth-order valence-corrected chi connectivity index (χ4v) is 3.77. The van der Waals surface area contributed by atoms with Crippen LogP contribution in [0.15, 0.2) is 18.2 Å². The molecule has 1 aromatic rings. The first-order valence-corrected chi connectivity index (χ1v) is 9.85. The minimum atomic E-state index is -0.435. The summed E-state index contributed by atoms with van der Waals surface area (Å²) in [5.74, 6) is 0.108. The van der Waals surface area contributed by atoms with Crippen LogP contribution in [-0.2, 0) is 20.6 Å². The van der Waals surface area contributed by atoms with E-state index in [0.717, 1.165) is 56.0 Å². The second-order valence-electron chi connectivity index (χ2n) is 8.69. The first-order chi connectivity index (χ1) is 12.8. The third kappa shape index (κ3) is 3.54. The molecule has 4 rings (SSSR count). The predicted octanol–water partition coefficient (Wildman–Crippen LogP) is 1.27. The summed E-state index contributed by atoms with van der Waals surface area (Å²) in [5.41, 5.74) is 2.01. The molecule has 1 amide bonds. The fraction of sp³-hybridized carbons (Fsp3) is 0.650. The highest BCUT2D eigenvalue weighted by Crippen LogP contribution is 2.36. The zero-order valence-electron chi connectivity index (χ0n) is 16.8. The molecule has 27 heavy (non-hydrogen) atoms. The van der Waals surface area contributed by atoms with Gasteiger partial charge in [-0.15, -0.1) is 0 Å². The number of amides is 1. The first-order valence-electron chi connectivity index (χ1n) is 9.85. The molecule has 0 bridgehead atoms. The molecular formula is C20H29BN2O4. The summed E-state index contributed by atoms with van der Waals surface area (Å²) in [7, 11) is -0.435. The topological polar surface area (TPSA) is 51.2 Å². The third-order valence-corrected chi connectivity index (χ3v) is 6.33. The maximum Gasteiger partial charge on any atom is 0.494 e. The first kappa shape index (κ1) is 18.9. The molecule has 3 heterocycles. The van der Waals surface area contributed by atoms with Crippen molar-refractivity contribution in [1.82, 2.24) is 9.80 Å². The van der Waals surface area contributed by atoms with Crippen LogP contribution in [0.3, 0.4) is 0 Å². The predicted molar refractivity (Wildman–Crippen MR) is 104 cm³/mol. The number of nitrogens with zero attached hydrogens (tertiary/aromatic N) is 2. The Bertz CT molecular complexity index is 715. The van der Waals surface area contributed by atoms with Crippen LogP contribution in [0.4, 0.5) is 0 Å². The standard InChI is InChI=1S/C20H29BN2O4/c1-19(2)20(3,4)27-21(26-19)16-6-5-15-14-23(18(24)17(15)13-16)8-7-22-9-11-25-12-10-22/h5-6,13H,7-12,14H2,1-4H3. The van der Waals surface area contributed by atoms with Crippen LogP contribution in [0.5, 0.6) is 0 Å². The van der Waals surface area contributed by atoms with E-state index in [1.165, 1.54) is 0 Å². The molecule has 146 valence electrons. The highest BCUT2D eigenvalue weighted by Gasteiger charge is 2.52. The second-order valence-corrected chi connectivity index (χ2v) is 8.69. The van der Waals surface area contributed by atoms with Crippen molar-refractivity contribution in [2.45, 2.75) is 45.4 Å². The average Bonchev–Trinajstić information content (AvgIpc) is 3.06. The Morgan fingerprint density at radius 1 is 1.04 bits per heavy atom. The van der Waals surface area contributed by atoms with E-state index in [1.807, 2.05) is 50.8 Å². The van der Waals surface area contributed by atoms with Gasteiger partial charge in [-0.2, -0.15) is 0 Å².